The van der Waals surface area contributed by atoms with Crippen molar-refractivity contribution >= 4 is 0 Å². The summed E-state index contributed by atoms with van der Waals surface area (Å²) in [6.07, 6.45) is 11.1. The molecule has 0 nitrogen and oxygen atoms in total. The summed E-state index contributed by atoms with van der Waals surface area (Å²) in [7, 11) is 0. The van der Waals surface area contributed by atoms with E-state index in [9.17, 15) is 0 Å². The molecule has 4 aliphatic rings. The summed E-state index contributed by atoms with van der Waals surface area (Å²) in [5.74, 6) is 6.86. The Morgan fingerprint density at radius 3 is 2.62 bits per heavy atom. The molecule has 4 rings (SSSR count). The third-order valence-electron chi connectivity index (χ3n) is 6.54. The number of hydrogen-bond acceptors (Lipinski definition) is 0. The lowest BCUT2D eigenvalue weighted by Gasteiger charge is -2.28. The molecule has 5 unspecified atom stereocenters. The highest BCUT2D eigenvalue weighted by Crippen LogP contribution is 2.88. The molecule has 1 spiro atoms. The molecular formula is C16H26. The molecule has 16 heavy (non-hydrogen) atoms. The number of hydrogen-bond donors (Lipinski definition) is 0. The molecule has 0 bridgehead atoms. The van der Waals surface area contributed by atoms with Crippen molar-refractivity contribution in [2.24, 2.45) is 40.9 Å². The maximum atomic E-state index is 2.44. The standard InChI is InChI=1S/C16H26/c1-10(2)13-8-14-15(13)16(14)9-12(16)5-3-4-11-6-7-11/h10-15H,3-9H2,1-2H3. The van der Waals surface area contributed by atoms with Crippen LogP contribution in [0, 0.1) is 40.9 Å². The number of fused-ring (bicyclic) bond motifs is 3. The molecule has 90 valence electrons. The van der Waals surface area contributed by atoms with Gasteiger partial charge in [0.2, 0.25) is 0 Å². The smallest absolute Gasteiger partial charge is 0.0201 e. The Balaban J connectivity index is 1.26. The van der Waals surface area contributed by atoms with Gasteiger partial charge in [0.25, 0.3) is 0 Å². The van der Waals surface area contributed by atoms with Crippen molar-refractivity contribution in [3.8, 4) is 0 Å². The van der Waals surface area contributed by atoms with Crippen LogP contribution < -0.4 is 0 Å². The van der Waals surface area contributed by atoms with E-state index < -0.39 is 0 Å². The number of rotatable bonds is 5. The van der Waals surface area contributed by atoms with E-state index in [0.29, 0.717) is 0 Å². The summed E-state index contributed by atoms with van der Waals surface area (Å²) in [5, 5.41) is 0. The zero-order valence-electron chi connectivity index (χ0n) is 10.9. The highest BCUT2D eigenvalue weighted by molar-refractivity contribution is 5.30. The van der Waals surface area contributed by atoms with E-state index in [1.54, 1.807) is 44.9 Å². The molecule has 0 heterocycles. The summed E-state index contributed by atoms with van der Waals surface area (Å²) < 4.78 is 0. The molecule has 0 saturated heterocycles. The van der Waals surface area contributed by atoms with Gasteiger partial charge in [-0.2, -0.15) is 0 Å². The van der Waals surface area contributed by atoms with E-state index in [1.807, 2.05) is 0 Å². The van der Waals surface area contributed by atoms with Crippen LogP contribution >= 0.6 is 0 Å². The molecule has 0 amide bonds. The molecule has 4 aliphatic carbocycles. The SMILES string of the molecule is CC(C)C1CC2C1C21CC1CCCC1CC1. The van der Waals surface area contributed by atoms with Gasteiger partial charge in [-0.15, -0.1) is 0 Å². The quantitative estimate of drug-likeness (QED) is 0.637. The topological polar surface area (TPSA) is 0 Å². The molecule has 0 aromatic carbocycles. The average molecular weight is 218 g/mol. The van der Waals surface area contributed by atoms with Crippen LogP contribution in [0.25, 0.3) is 0 Å². The van der Waals surface area contributed by atoms with Gasteiger partial charge in [0, 0.05) is 0 Å². The van der Waals surface area contributed by atoms with Gasteiger partial charge < -0.3 is 0 Å². The predicted molar refractivity (Wildman–Crippen MR) is 67.0 cm³/mol. The van der Waals surface area contributed by atoms with E-state index in [-0.39, 0.29) is 0 Å². The van der Waals surface area contributed by atoms with Crippen molar-refractivity contribution in [2.45, 2.75) is 58.8 Å². The molecule has 0 aromatic rings. The average Bonchev–Trinajstić information content (AvgIpc) is 3.02. The van der Waals surface area contributed by atoms with Crippen LogP contribution in [0.2, 0.25) is 0 Å². The minimum absolute atomic E-state index is 0.957. The lowest BCUT2D eigenvalue weighted by Crippen LogP contribution is -2.21. The fourth-order valence-corrected chi connectivity index (χ4v) is 5.23. The van der Waals surface area contributed by atoms with Crippen molar-refractivity contribution in [1.82, 2.24) is 0 Å². The molecule has 0 aliphatic heterocycles. The second-order valence-electron chi connectivity index (χ2n) is 7.66. The maximum absolute atomic E-state index is 2.44. The zero-order valence-corrected chi connectivity index (χ0v) is 10.9. The van der Waals surface area contributed by atoms with Crippen LogP contribution in [0.4, 0.5) is 0 Å². The molecule has 0 radical (unpaired) electrons. The Bertz CT molecular complexity index is 301. The molecule has 4 fully saturated rings. The van der Waals surface area contributed by atoms with E-state index in [1.165, 1.54) is 17.8 Å². The fourth-order valence-electron chi connectivity index (χ4n) is 5.23. The second kappa shape index (κ2) is 3.06. The Morgan fingerprint density at radius 1 is 1.19 bits per heavy atom. The van der Waals surface area contributed by atoms with Gasteiger partial charge in [0.1, 0.15) is 0 Å². The van der Waals surface area contributed by atoms with Crippen LogP contribution in [0.1, 0.15) is 58.8 Å². The van der Waals surface area contributed by atoms with Crippen LogP contribution in [0.3, 0.4) is 0 Å². The van der Waals surface area contributed by atoms with E-state index in [2.05, 4.69) is 13.8 Å². The van der Waals surface area contributed by atoms with Crippen molar-refractivity contribution in [1.29, 1.82) is 0 Å². The summed E-state index contributed by atoms with van der Waals surface area (Å²) in [6, 6.07) is 0. The van der Waals surface area contributed by atoms with Gasteiger partial charge in [-0.05, 0) is 60.2 Å². The monoisotopic (exact) mass is 218 g/mol. The second-order valence-corrected chi connectivity index (χ2v) is 7.66. The Hall–Kier alpha value is 0. The molecule has 0 N–H and O–H groups in total. The molecule has 5 atom stereocenters. The summed E-state index contributed by atoms with van der Waals surface area (Å²) >= 11 is 0. The van der Waals surface area contributed by atoms with E-state index >= 15 is 0 Å². The van der Waals surface area contributed by atoms with Gasteiger partial charge in [-0.25, -0.2) is 0 Å². The van der Waals surface area contributed by atoms with Crippen molar-refractivity contribution in [3.63, 3.8) is 0 Å². The van der Waals surface area contributed by atoms with E-state index in [0.717, 1.165) is 23.2 Å². The first-order chi connectivity index (χ1) is 7.73. The first kappa shape index (κ1) is 9.97. The van der Waals surface area contributed by atoms with Crippen LogP contribution in [0.15, 0.2) is 0 Å². The fraction of sp³-hybridized carbons (Fsp3) is 1.00. The van der Waals surface area contributed by atoms with Crippen LogP contribution in [0.5, 0.6) is 0 Å². The third kappa shape index (κ3) is 1.22. The molecule has 0 aromatic heterocycles. The van der Waals surface area contributed by atoms with Crippen molar-refractivity contribution in [3.05, 3.63) is 0 Å². The van der Waals surface area contributed by atoms with Gasteiger partial charge in [-0.3, -0.25) is 0 Å². The van der Waals surface area contributed by atoms with Gasteiger partial charge in [-0.1, -0.05) is 39.5 Å². The summed E-state index contributed by atoms with van der Waals surface area (Å²) in [4.78, 5) is 0. The first-order valence-corrected chi connectivity index (χ1v) is 7.73. The van der Waals surface area contributed by atoms with E-state index in [4.69, 9.17) is 0 Å². The summed E-state index contributed by atoms with van der Waals surface area (Å²) in [6.45, 7) is 4.88. The molecular weight excluding hydrogens is 192 g/mol. The van der Waals surface area contributed by atoms with Crippen molar-refractivity contribution in [2.75, 3.05) is 0 Å². The molecule has 0 heteroatoms. The first-order valence-electron chi connectivity index (χ1n) is 7.73. The summed E-state index contributed by atoms with van der Waals surface area (Å²) in [5.41, 5.74) is 0.957. The maximum Gasteiger partial charge on any atom is -0.0201 e. The predicted octanol–water partition coefficient (Wildman–Crippen LogP) is 4.49. The third-order valence-corrected chi connectivity index (χ3v) is 6.54. The molecule has 4 saturated carbocycles. The Labute approximate surface area is 100 Å². The lowest BCUT2D eigenvalue weighted by atomic mass is 9.77. The van der Waals surface area contributed by atoms with Crippen LogP contribution in [-0.4, -0.2) is 0 Å². The minimum Gasteiger partial charge on any atom is -0.0625 e. The Morgan fingerprint density at radius 2 is 2.00 bits per heavy atom. The van der Waals surface area contributed by atoms with Gasteiger partial charge in [0.15, 0.2) is 0 Å². The van der Waals surface area contributed by atoms with Crippen LogP contribution in [-0.2, 0) is 0 Å². The lowest BCUT2D eigenvalue weighted by molar-refractivity contribution is 0.212. The normalized spacial score (nSPS) is 52.7. The van der Waals surface area contributed by atoms with Gasteiger partial charge in [0.05, 0.1) is 0 Å². The highest BCUT2D eigenvalue weighted by atomic mass is 14.9. The highest BCUT2D eigenvalue weighted by Gasteiger charge is 2.83. The minimum atomic E-state index is 0.957. The zero-order chi connectivity index (χ0) is 10.9. The van der Waals surface area contributed by atoms with Gasteiger partial charge >= 0.3 is 0 Å². The largest absolute Gasteiger partial charge is 0.0625 e. The van der Waals surface area contributed by atoms with Crippen molar-refractivity contribution < 1.29 is 0 Å². The Kier molecular flexibility index (Phi) is 1.91.